The molecule has 1 amide bonds. The van der Waals surface area contributed by atoms with Crippen molar-refractivity contribution in [1.82, 2.24) is 14.5 Å². The molecule has 1 unspecified atom stereocenters. The van der Waals surface area contributed by atoms with Crippen LogP contribution in [0.3, 0.4) is 0 Å². The number of amides is 1. The van der Waals surface area contributed by atoms with E-state index in [1.54, 1.807) is 16.5 Å². The molecule has 0 spiro atoms. The maximum absolute atomic E-state index is 12.3. The van der Waals surface area contributed by atoms with Crippen molar-refractivity contribution in [3.8, 4) is 0 Å². The molecule has 2 aromatic rings. The molecule has 0 aliphatic rings. The number of carbonyl (C=O) groups is 1. The zero-order valence-corrected chi connectivity index (χ0v) is 11.8. The van der Waals surface area contributed by atoms with E-state index >= 15 is 0 Å². The maximum Gasteiger partial charge on any atom is 0.245 e. The highest BCUT2D eigenvalue weighted by atomic mass is 16.2. The van der Waals surface area contributed by atoms with Gasteiger partial charge in [0.05, 0.1) is 11.0 Å². The molecule has 2 N–H and O–H groups in total. The first-order chi connectivity index (χ1) is 8.95. The van der Waals surface area contributed by atoms with Crippen LogP contribution >= 0.6 is 0 Å². The number of imidazole rings is 1. The lowest BCUT2D eigenvalue weighted by molar-refractivity contribution is -0.132. The number of aromatic nitrogens is 2. The average Bonchev–Trinajstić information content (AvgIpc) is 2.71. The van der Waals surface area contributed by atoms with E-state index < -0.39 is 0 Å². The summed E-state index contributed by atoms with van der Waals surface area (Å²) in [5.41, 5.74) is 8.81. The first kappa shape index (κ1) is 13.4. The summed E-state index contributed by atoms with van der Waals surface area (Å²) in [5, 5.41) is 0. The number of nitrogen functional groups attached to an aromatic ring is 1. The van der Waals surface area contributed by atoms with Gasteiger partial charge in [-0.1, -0.05) is 6.07 Å². The SMILES string of the molecule is CCN(C)C(=O)C(C)n1c(N)nc2ccc(C)cc21. The topological polar surface area (TPSA) is 64.2 Å². The van der Waals surface area contributed by atoms with Crippen molar-refractivity contribution in [3.05, 3.63) is 23.8 Å². The largest absolute Gasteiger partial charge is 0.369 e. The lowest BCUT2D eigenvalue weighted by atomic mass is 10.2. The van der Waals surface area contributed by atoms with Crippen LogP contribution in [0.25, 0.3) is 11.0 Å². The quantitative estimate of drug-likeness (QED) is 0.917. The second-order valence-corrected chi connectivity index (χ2v) is 4.86. The number of anilines is 1. The molecule has 0 saturated carbocycles. The molecule has 1 aromatic carbocycles. The van der Waals surface area contributed by atoms with E-state index in [0.29, 0.717) is 12.5 Å². The summed E-state index contributed by atoms with van der Waals surface area (Å²) in [6, 6.07) is 5.58. The fourth-order valence-electron chi connectivity index (χ4n) is 2.21. The van der Waals surface area contributed by atoms with Crippen molar-refractivity contribution in [3.63, 3.8) is 0 Å². The first-order valence-corrected chi connectivity index (χ1v) is 6.44. The highest BCUT2D eigenvalue weighted by Gasteiger charge is 2.22. The van der Waals surface area contributed by atoms with Gasteiger partial charge in [0.2, 0.25) is 11.9 Å². The third-order valence-corrected chi connectivity index (χ3v) is 3.47. The standard InChI is InChI=1S/C14H20N4O/c1-5-17(4)13(19)10(3)18-12-8-9(2)6-7-11(12)16-14(18)15/h6-8,10H,5H2,1-4H3,(H2,15,16). The third kappa shape index (κ3) is 2.28. The van der Waals surface area contributed by atoms with Gasteiger partial charge >= 0.3 is 0 Å². The molecule has 0 saturated heterocycles. The minimum Gasteiger partial charge on any atom is -0.369 e. The van der Waals surface area contributed by atoms with Crippen molar-refractivity contribution in [1.29, 1.82) is 0 Å². The predicted molar refractivity (Wildman–Crippen MR) is 76.9 cm³/mol. The molecule has 0 bridgehead atoms. The van der Waals surface area contributed by atoms with Crippen LogP contribution in [-0.2, 0) is 4.79 Å². The Kier molecular flexibility index (Phi) is 3.46. The number of aryl methyl sites for hydroxylation is 1. The molecule has 1 aromatic heterocycles. The molecule has 19 heavy (non-hydrogen) atoms. The van der Waals surface area contributed by atoms with Gasteiger partial charge in [-0.05, 0) is 38.5 Å². The van der Waals surface area contributed by atoms with Crippen LogP contribution in [0.1, 0.15) is 25.5 Å². The Bertz CT molecular complexity index is 617. The molecule has 0 radical (unpaired) electrons. The van der Waals surface area contributed by atoms with Crippen LogP contribution < -0.4 is 5.73 Å². The highest BCUT2D eigenvalue weighted by Crippen LogP contribution is 2.24. The number of carbonyl (C=O) groups excluding carboxylic acids is 1. The van der Waals surface area contributed by atoms with Gasteiger partial charge in [0.25, 0.3) is 0 Å². The molecule has 2 rings (SSSR count). The average molecular weight is 260 g/mol. The first-order valence-electron chi connectivity index (χ1n) is 6.44. The molecule has 102 valence electrons. The normalized spacial score (nSPS) is 12.6. The maximum atomic E-state index is 12.3. The number of benzene rings is 1. The number of rotatable bonds is 3. The Labute approximate surface area is 113 Å². The van der Waals surface area contributed by atoms with Gasteiger partial charge in [0.15, 0.2) is 0 Å². The van der Waals surface area contributed by atoms with Crippen molar-refractivity contribution in [2.45, 2.75) is 26.8 Å². The van der Waals surface area contributed by atoms with Gasteiger partial charge in [-0.3, -0.25) is 9.36 Å². The summed E-state index contributed by atoms with van der Waals surface area (Å²) in [6.45, 7) is 6.49. The summed E-state index contributed by atoms with van der Waals surface area (Å²) in [6.07, 6.45) is 0. The van der Waals surface area contributed by atoms with Gasteiger partial charge < -0.3 is 10.6 Å². The summed E-state index contributed by atoms with van der Waals surface area (Å²) in [7, 11) is 1.79. The Balaban J connectivity index is 2.52. The number of nitrogens with zero attached hydrogens (tertiary/aromatic N) is 3. The molecule has 1 heterocycles. The number of hydrogen-bond acceptors (Lipinski definition) is 3. The van der Waals surface area contributed by atoms with Gasteiger partial charge in [-0.25, -0.2) is 4.98 Å². The second kappa shape index (κ2) is 4.91. The summed E-state index contributed by atoms with van der Waals surface area (Å²) < 4.78 is 1.80. The molecular weight excluding hydrogens is 240 g/mol. The van der Waals surface area contributed by atoms with Gasteiger partial charge in [0, 0.05) is 13.6 Å². The Morgan fingerprint density at radius 3 is 2.84 bits per heavy atom. The van der Waals surface area contributed by atoms with Crippen LogP contribution in [0.5, 0.6) is 0 Å². The van der Waals surface area contributed by atoms with Crippen LogP contribution in [-0.4, -0.2) is 34.0 Å². The van der Waals surface area contributed by atoms with Crippen LogP contribution in [0, 0.1) is 6.92 Å². The van der Waals surface area contributed by atoms with E-state index in [9.17, 15) is 4.79 Å². The van der Waals surface area contributed by atoms with Crippen LogP contribution in [0.2, 0.25) is 0 Å². The predicted octanol–water partition coefficient (Wildman–Crippen LogP) is 1.97. The number of likely N-dealkylation sites (N-methyl/N-ethyl adjacent to an activating group) is 1. The van der Waals surface area contributed by atoms with Crippen molar-refractivity contribution in [2.75, 3.05) is 19.3 Å². The summed E-state index contributed by atoms with van der Waals surface area (Å²) in [4.78, 5) is 18.3. The smallest absolute Gasteiger partial charge is 0.245 e. The fourth-order valence-corrected chi connectivity index (χ4v) is 2.21. The Morgan fingerprint density at radius 2 is 2.21 bits per heavy atom. The molecule has 0 aliphatic carbocycles. The zero-order chi connectivity index (χ0) is 14.2. The monoisotopic (exact) mass is 260 g/mol. The zero-order valence-electron chi connectivity index (χ0n) is 11.8. The van der Waals surface area contributed by atoms with E-state index in [1.807, 2.05) is 39.0 Å². The number of nitrogens with two attached hydrogens (primary N) is 1. The fraction of sp³-hybridized carbons (Fsp3) is 0.429. The Morgan fingerprint density at radius 1 is 1.53 bits per heavy atom. The van der Waals surface area contributed by atoms with E-state index in [0.717, 1.165) is 16.6 Å². The summed E-state index contributed by atoms with van der Waals surface area (Å²) in [5.74, 6) is 0.418. The van der Waals surface area contributed by atoms with Gasteiger partial charge in [0.1, 0.15) is 6.04 Å². The summed E-state index contributed by atoms with van der Waals surface area (Å²) >= 11 is 0. The van der Waals surface area contributed by atoms with Gasteiger partial charge in [-0.2, -0.15) is 0 Å². The number of fused-ring (bicyclic) bond motifs is 1. The van der Waals surface area contributed by atoms with E-state index in [-0.39, 0.29) is 11.9 Å². The van der Waals surface area contributed by atoms with Gasteiger partial charge in [-0.15, -0.1) is 0 Å². The lowest BCUT2D eigenvalue weighted by Gasteiger charge is -2.21. The van der Waals surface area contributed by atoms with Crippen LogP contribution in [0.15, 0.2) is 18.2 Å². The van der Waals surface area contributed by atoms with Crippen molar-refractivity contribution >= 4 is 22.9 Å². The second-order valence-electron chi connectivity index (χ2n) is 4.86. The molecule has 0 fully saturated rings. The lowest BCUT2D eigenvalue weighted by Crippen LogP contribution is -2.33. The minimum absolute atomic E-state index is 0.0370. The van der Waals surface area contributed by atoms with E-state index in [4.69, 9.17) is 5.73 Å². The number of hydrogen-bond donors (Lipinski definition) is 1. The molecular formula is C14H20N4O. The highest BCUT2D eigenvalue weighted by molar-refractivity contribution is 5.85. The Hall–Kier alpha value is -2.04. The van der Waals surface area contributed by atoms with E-state index in [2.05, 4.69) is 4.98 Å². The minimum atomic E-state index is -0.350. The molecule has 5 heteroatoms. The molecule has 0 aliphatic heterocycles. The molecule has 1 atom stereocenters. The van der Waals surface area contributed by atoms with Crippen molar-refractivity contribution in [2.24, 2.45) is 0 Å². The third-order valence-electron chi connectivity index (χ3n) is 3.47. The van der Waals surface area contributed by atoms with Crippen molar-refractivity contribution < 1.29 is 4.79 Å². The van der Waals surface area contributed by atoms with Crippen LogP contribution in [0.4, 0.5) is 5.95 Å². The van der Waals surface area contributed by atoms with E-state index in [1.165, 1.54) is 0 Å². The molecule has 5 nitrogen and oxygen atoms in total.